The van der Waals surface area contributed by atoms with Crippen molar-refractivity contribution >= 4 is 28.7 Å². The minimum absolute atomic E-state index is 0.218. The number of ketones is 1. The quantitative estimate of drug-likeness (QED) is 0.814. The van der Waals surface area contributed by atoms with Crippen LogP contribution in [-0.4, -0.2) is 5.78 Å². The van der Waals surface area contributed by atoms with Crippen LogP contribution in [0.2, 0.25) is 4.34 Å². The van der Waals surface area contributed by atoms with Gasteiger partial charge in [-0.1, -0.05) is 11.6 Å². The second-order valence-electron chi connectivity index (χ2n) is 3.50. The Morgan fingerprint density at radius 1 is 1.38 bits per heavy atom. The fraction of sp³-hybridized carbons (Fsp3) is 0.250. The molecule has 0 aromatic carbocycles. The lowest BCUT2D eigenvalue weighted by Crippen LogP contribution is -2.02. The van der Waals surface area contributed by atoms with Gasteiger partial charge in [-0.25, -0.2) is 0 Å². The van der Waals surface area contributed by atoms with E-state index in [-0.39, 0.29) is 5.78 Å². The lowest BCUT2D eigenvalue weighted by Gasteiger charge is -1.97. The highest BCUT2D eigenvalue weighted by Crippen LogP contribution is 2.22. The zero-order valence-corrected chi connectivity index (χ0v) is 10.2. The molecule has 0 fully saturated rings. The van der Waals surface area contributed by atoms with E-state index in [2.05, 4.69) is 0 Å². The van der Waals surface area contributed by atoms with Gasteiger partial charge >= 0.3 is 0 Å². The second-order valence-corrected chi connectivity index (χ2v) is 5.30. The molecule has 2 aromatic rings. The molecule has 2 rings (SSSR count). The second kappa shape index (κ2) is 5.32. The number of furan rings is 1. The molecule has 0 unspecified atom stereocenters. The fourth-order valence-electron chi connectivity index (χ4n) is 1.45. The number of thiophene rings is 1. The molecule has 0 radical (unpaired) electrons. The Labute approximate surface area is 103 Å². The van der Waals surface area contributed by atoms with Crippen molar-refractivity contribution in [1.29, 1.82) is 0 Å². The molecule has 0 atom stereocenters. The van der Waals surface area contributed by atoms with E-state index in [1.807, 2.05) is 24.3 Å². The third kappa shape index (κ3) is 3.22. The zero-order valence-electron chi connectivity index (χ0n) is 8.61. The van der Waals surface area contributed by atoms with E-state index in [1.54, 1.807) is 6.26 Å². The van der Waals surface area contributed by atoms with Crippen molar-refractivity contribution in [2.75, 3.05) is 0 Å². The first kappa shape index (κ1) is 11.4. The Bertz CT molecular complexity index is 459. The minimum atomic E-state index is 0.218. The van der Waals surface area contributed by atoms with Crippen molar-refractivity contribution in [3.8, 4) is 0 Å². The highest BCUT2D eigenvalue weighted by Gasteiger charge is 2.07. The van der Waals surface area contributed by atoms with Crippen molar-refractivity contribution < 1.29 is 9.21 Å². The lowest BCUT2D eigenvalue weighted by molar-refractivity contribution is -0.118. The normalized spacial score (nSPS) is 10.6. The molecule has 2 heterocycles. The van der Waals surface area contributed by atoms with Crippen LogP contribution in [0.5, 0.6) is 0 Å². The van der Waals surface area contributed by atoms with Crippen molar-refractivity contribution in [2.24, 2.45) is 0 Å². The molecule has 0 spiro atoms. The van der Waals surface area contributed by atoms with Crippen LogP contribution in [-0.2, 0) is 17.6 Å². The molecule has 0 aliphatic rings. The van der Waals surface area contributed by atoms with Crippen LogP contribution in [0.25, 0.3) is 0 Å². The van der Waals surface area contributed by atoms with Gasteiger partial charge in [0.2, 0.25) is 0 Å². The number of halogens is 1. The molecule has 0 saturated heterocycles. The van der Waals surface area contributed by atoms with E-state index in [0.717, 1.165) is 15.0 Å². The largest absolute Gasteiger partial charge is 0.469 e. The summed E-state index contributed by atoms with van der Waals surface area (Å²) in [6.45, 7) is 0. The average molecular weight is 255 g/mol. The highest BCUT2D eigenvalue weighted by atomic mass is 35.5. The van der Waals surface area contributed by atoms with Crippen LogP contribution >= 0.6 is 22.9 Å². The van der Waals surface area contributed by atoms with Gasteiger partial charge in [-0.3, -0.25) is 4.79 Å². The van der Waals surface area contributed by atoms with Gasteiger partial charge < -0.3 is 4.42 Å². The Morgan fingerprint density at radius 2 is 2.25 bits per heavy atom. The van der Waals surface area contributed by atoms with E-state index in [4.69, 9.17) is 16.0 Å². The smallest absolute Gasteiger partial charge is 0.138 e. The van der Waals surface area contributed by atoms with E-state index >= 15 is 0 Å². The number of hydrogen-bond donors (Lipinski definition) is 0. The topological polar surface area (TPSA) is 30.2 Å². The summed E-state index contributed by atoms with van der Waals surface area (Å²) in [5.41, 5.74) is 0. The summed E-state index contributed by atoms with van der Waals surface area (Å²) in [6.07, 6.45) is 3.28. The Hall–Kier alpha value is -1.06. The molecule has 0 N–H and O–H groups in total. The summed E-state index contributed by atoms with van der Waals surface area (Å²) < 4.78 is 5.90. The molecular formula is C12H11ClO2S. The van der Waals surface area contributed by atoms with Crippen LogP contribution in [0.15, 0.2) is 34.9 Å². The summed E-state index contributed by atoms with van der Waals surface area (Å²) in [4.78, 5) is 12.7. The molecule has 16 heavy (non-hydrogen) atoms. The highest BCUT2D eigenvalue weighted by molar-refractivity contribution is 7.16. The van der Waals surface area contributed by atoms with E-state index < -0.39 is 0 Å². The third-order valence-corrected chi connectivity index (χ3v) is 3.46. The van der Waals surface area contributed by atoms with Crippen LogP contribution in [0.3, 0.4) is 0 Å². The number of Topliss-reactive ketones (excluding diaryl/α,β-unsaturated/α-hetero) is 1. The maximum absolute atomic E-state index is 11.6. The molecule has 2 nitrogen and oxygen atoms in total. The van der Waals surface area contributed by atoms with E-state index in [1.165, 1.54) is 11.3 Å². The lowest BCUT2D eigenvalue weighted by atomic mass is 10.1. The van der Waals surface area contributed by atoms with Gasteiger partial charge in [0.05, 0.1) is 10.6 Å². The molecule has 0 aliphatic carbocycles. The third-order valence-electron chi connectivity index (χ3n) is 2.23. The molecule has 0 bridgehead atoms. The Kier molecular flexibility index (Phi) is 3.80. The van der Waals surface area contributed by atoms with Crippen molar-refractivity contribution in [2.45, 2.75) is 19.3 Å². The van der Waals surface area contributed by atoms with Gasteiger partial charge in [0, 0.05) is 24.1 Å². The predicted octanol–water partition coefficient (Wildman–Crippen LogP) is 3.74. The van der Waals surface area contributed by atoms with Gasteiger partial charge in [-0.2, -0.15) is 0 Å². The first-order valence-electron chi connectivity index (χ1n) is 5.02. The maximum Gasteiger partial charge on any atom is 0.138 e. The van der Waals surface area contributed by atoms with Crippen molar-refractivity contribution in [3.63, 3.8) is 0 Å². The Morgan fingerprint density at radius 3 is 2.88 bits per heavy atom. The monoisotopic (exact) mass is 254 g/mol. The summed E-state index contributed by atoms with van der Waals surface area (Å²) in [7, 11) is 0. The molecule has 0 amide bonds. The first-order chi connectivity index (χ1) is 7.74. The summed E-state index contributed by atoms with van der Waals surface area (Å²) in [5.74, 6) is 1.08. The Balaban J connectivity index is 1.81. The summed E-state index contributed by atoms with van der Waals surface area (Å²) >= 11 is 7.25. The minimum Gasteiger partial charge on any atom is -0.469 e. The molecule has 4 heteroatoms. The van der Waals surface area contributed by atoms with Crippen LogP contribution in [0.4, 0.5) is 0 Å². The van der Waals surface area contributed by atoms with Gasteiger partial charge in [-0.05, 0) is 24.3 Å². The predicted molar refractivity (Wildman–Crippen MR) is 65.1 cm³/mol. The zero-order chi connectivity index (χ0) is 11.4. The van der Waals surface area contributed by atoms with Crippen LogP contribution in [0.1, 0.15) is 17.1 Å². The molecule has 2 aromatic heterocycles. The SMILES string of the molecule is O=C(CCc1ccco1)Cc1ccc(Cl)s1. The van der Waals surface area contributed by atoms with Gasteiger partial charge in [0.1, 0.15) is 11.5 Å². The molecular weight excluding hydrogens is 244 g/mol. The maximum atomic E-state index is 11.6. The summed E-state index contributed by atoms with van der Waals surface area (Å²) in [5, 5.41) is 0. The van der Waals surface area contributed by atoms with Crippen LogP contribution < -0.4 is 0 Å². The van der Waals surface area contributed by atoms with Gasteiger partial charge in [-0.15, -0.1) is 11.3 Å². The number of carbonyl (C=O) groups is 1. The first-order valence-corrected chi connectivity index (χ1v) is 6.22. The molecule has 0 saturated carbocycles. The molecule has 84 valence electrons. The molecule has 0 aliphatic heterocycles. The number of hydrogen-bond acceptors (Lipinski definition) is 3. The van der Waals surface area contributed by atoms with E-state index in [9.17, 15) is 4.79 Å². The average Bonchev–Trinajstić information content (AvgIpc) is 2.87. The van der Waals surface area contributed by atoms with Gasteiger partial charge in [0.15, 0.2) is 0 Å². The van der Waals surface area contributed by atoms with Crippen molar-refractivity contribution in [3.05, 3.63) is 45.5 Å². The van der Waals surface area contributed by atoms with Crippen LogP contribution in [0, 0.1) is 0 Å². The van der Waals surface area contributed by atoms with Gasteiger partial charge in [0.25, 0.3) is 0 Å². The standard InChI is InChI=1S/C12H11ClO2S/c13-12-6-5-11(16-12)8-9(14)3-4-10-2-1-7-15-10/h1-2,5-7H,3-4,8H2. The number of carbonyl (C=O) groups excluding carboxylic acids is 1. The summed E-state index contributed by atoms with van der Waals surface area (Å²) in [6, 6.07) is 7.44. The number of rotatable bonds is 5. The van der Waals surface area contributed by atoms with Crippen molar-refractivity contribution in [1.82, 2.24) is 0 Å². The fourth-order valence-corrected chi connectivity index (χ4v) is 2.56. The number of aryl methyl sites for hydroxylation is 1. The van der Waals surface area contributed by atoms with E-state index in [0.29, 0.717) is 19.3 Å².